The van der Waals surface area contributed by atoms with E-state index in [-0.39, 0.29) is 5.91 Å². The number of aromatic nitrogens is 1. The summed E-state index contributed by atoms with van der Waals surface area (Å²) < 4.78 is 5.82. The number of aryl methyl sites for hydroxylation is 1. The Labute approximate surface area is 149 Å². The van der Waals surface area contributed by atoms with E-state index in [4.69, 9.17) is 4.74 Å². The van der Waals surface area contributed by atoms with Crippen LogP contribution in [0.4, 0.5) is 5.69 Å². The monoisotopic (exact) mass is 352 g/mol. The number of methoxy groups -OCH3 is 1. The lowest BCUT2D eigenvalue weighted by Gasteiger charge is -2.09. The van der Waals surface area contributed by atoms with Gasteiger partial charge in [-0.15, -0.1) is 11.3 Å². The lowest BCUT2D eigenvalue weighted by Crippen LogP contribution is -2.13. The van der Waals surface area contributed by atoms with Crippen LogP contribution < -0.4 is 5.32 Å². The average Bonchev–Trinajstić information content (AvgIpc) is 3.04. The Balaban J connectivity index is 1.77. The Hall–Kier alpha value is -2.99. The zero-order valence-electron chi connectivity index (χ0n) is 13.8. The summed E-state index contributed by atoms with van der Waals surface area (Å²) >= 11 is 1.51. The number of hydrogen-bond acceptors (Lipinski definition) is 5. The van der Waals surface area contributed by atoms with Gasteiger partial charge in [0.1, 0.15) is 5.01 Å². The van der Waals surface area contributed by atoms with Gasteiger partial charge in [0.15, 0.2) is 0 Å². The molecule has 1 amide bonds. The largest absolute Gasteiger partial charge is 0.465 e. The number of rotatable bonds is 4. The van der Waals surface area contributed by atoms with Crippen molar-refractivity contribution in [3.05, 3.63) is 64.7 Å². The second-order valence-corrected chi connectivity index (χ2v) is 6.45. The highest BCUT2D eigenvalue weighted by atomic mass is 32.1. The highest BCUT2D eigenvalue weighted by molar-refractivity contribution is 7.19. The first-order valence-corrected chi connectivity index (χ1v) is 8.42. The second kappa shape index (κ2) is 7.27. The van der Waals surface area contributed by atoms with Crippen LogP contribution in [0, 0.1) is 6.92 Å². The van der Waals surface area contributed by atoms with Crippen molar-refractivity contribution in [3.8, 4) is 0 Å². The lowest BCUT2D eigenvalue weighted by atomic mass is 10.1. The number of hydrogen-bond donors (Lipinski definition) is 1. The number of anilines is 1. The predicted molar refractivity (Wildman–Crippen MR) is 99.8 cm³/mol. The second-order valence-electron chi connectivity index (χ2n) is 5.38. The summed E-state index contributed by atoms with van der Waals surface area (Å²) in [4.78, 5) is 28.5. The highest BCUT2D eigenvalue weighted by Gasteiger charge is 2.13. The molecule has 0 bridgehead atoms. The van der Waals surface area contributed by atoms with E-state index in [0.717, 1.165) is 20.8 Å². The maximum absolute atomic E-state index is 12.2. The molecule has 1 aromatic heterocycles. The number of ether oxygens (including phenoxy) is 1. The first kappa shape index (κ1) is 16.9. The first-order chi connectivity index (χ1) is 12.1. The molecular formula is C19H16N2O3S. The van der Waals surface area contributed by atoms with Crippen LogP contribution in [0.15, 0.2) is 48.5 Å². The number of benzene rings is 2. The van der Waals surface area contributed by atoms with E-state index >= 15 is 0 Å². The quantitative estimate of drug-likeness (QED) is 0.568. The molecule has 6 heteroatoms. The Bertz CT molecular complexity index is 943. The van der Waals surface area contributed by atoms with Crippen LogP contribution in [0.2, 0.25) is 0 Å². The Kier molecular flexibility index (Phi) is 4.90. The SMILES string of the molecule is COC(=O)c1cc(C)ccc1NC(=O)C=Cc1nc2ccccc2s1. The van der Waals surface area contributed by atoms with Crippen molar-refractivity contribution >= 4 is 45.2 Å². The molecule has 0 unspecified atom stereocenters. The van der Waals surface area contributed by atoms with Gasteiger partial charge in [-0.25, -0.2) is 9.78 Å². The van der Waals surface area contributed by atoms with Gasteiger partial charge >= 0.3 is 5.97 Å². The third-order valence-electron chi connectivity index (χ3n) is 3.53. The van der Waals surface area contributed by atoms with Crippen molar-refractivity contribution in [1.82, 2.24) is 4.98 Å². The van der Waals surface area contributed by atoms with Crippen LogP contribution in [-0.2, 0) is 9.53 Å². The first-order valence-electron chi connectivity index (χ1n) is 7.60. The molecule has 1 heterocycles. The van der Waals surface area contributed by atoms with Crippen molar-refractivity contribution in [2.24, 2.45) is 0 Å². The van der Waals surface area contributed by atoms with E-state index in [1.54, 1.807) is 18.2 Å². The summed E-state index contributed by atoms with van der Waals surface area (Å²) in [7, 11) is 1.31. The van der Waals surface area contributed by atoms with Gasteiger partial charge in [-0.1, -0.05) is 23.8 Å². The van der Waals surface area contributed by atoms with Gasteiger partial charge in [-0.05, 0) is 37.3 Å². The van der Waals surface area contributed by atoms with E-state index in [9.17, 15) is 9.59 Å². The maximum atomic E-state index is 12.2. The smallest absolute Gasteiger partial charge is 0.339 e. The molecule has 0 fully saturated rings. The third-order valence-corrected chi connectivity index (χ3v) is 4.53. The number of carbonyl (C=O) groups excluding carboxylic acids is 2. The molecule has 0 spiro atoms. The number of carbonyl (C=O) groups is 2. The standard InChI is InChI=1S/C19H16N2O3S/c1-12-7-8-14(13(11-12)19(23)24-2)20-17(22)9-10-18-21-15-5-3-4-6-16(15)25-18/h3-11H,1-2H3,(H,20,22). The number of amides is 1. The van der Waals surface area contributed by atoms with Crippen molar-refractivity contribution in [2.75, 3.05) is 12.4 Å². The molecule has 0 radical (unpaired) electrons. The van der Waals surface area contributed by atoms with Crippen LogP contribution >= 0.6 is 11.3 Å². The van der Waals surface area contributed by atoms with Crippen molar-refractivity contribution < 1.29 is 14.3 Å². The number of nitrogens with zero attached hydrogens (tertiary/aromatic N) is 1. The average molecular weight is 352 g/mol. The summed E-state index contributed by atoms with van der Waals surface area (Å²) in [5.74, 6) is -0.831. The fourth-order valence-electron chi connectivity index (χ4n) is 2.33. The number of para-hydroxylation sites is 1. The minimum absolute atomic E-state index is 0.323. The Morgan fingerprint density at radius 3 is 2.76 bits per heavy atom. The van der Waals surface area contributed by atoms with Gasteiger partial charge < -0.3 is 10.1 Å². The molecule has 0 saturated carbocycles. The number of fused-ring (bicyclic) bond motifs is 1. The van der Waals surface area contributed by atoms with Crippen LogP contribution in [0.25, 0.3) is 16.3 Å². The van der Waals surface area contributed by atoms with Crippen LogP contribution in [-0.4, -0.2) is 24.0 Å². The normalized spacial score (nSPS) is 11.0. The van der Waals surface area contributed by atoms with Crippen molar-refractivity contribution in [1.29, 1.82) is 0 Å². The van der Waals surface area contributed by atoms with Gasteiger partial charge in [0, 0.05) is 6.08 Å². The van der Waals surface area contributed by atoms with E-state index in [1.807, 2.05) is 37.3 Å². The van der Waals surface area contributed by atoms with E-state index in [2.05, 4.69) is 10.3 Å². The molecule has 0 aliphatic rings. The zero-order chi connectivity index (χ0) is 17.8. The van der Waals surface area contributed by atoms with Gasteiger partial charge in [-0.3, -0.25) is 4.79 Å². The summed E-state index contributed by atoms with van der Waals surface area (Å²) in [5.41, 5.74) is 2.54. The summed E-state index contributed by atoms with van der Waals surface area (Å²) in [6, 6.07) is 13.0. The zero-order valence-corrected chi connectivity index (χ0v) is 14.6. The van der Waals surface area contributed by atoms with Crippen molar-refractivity contribution in [2.45, 2.75) is 6.92 Å². The number of thiazole rings is 1. The lowest BCUT2D eigenvalue weighted by molar-refractivity contribution is -0.111. The van der Waals surface area contributed by atoms with Gasteiger partial charge in [-0.2, -0.15) is 0 Å². The molecular weight excluding hydrogens is 336 g/mol. The van der Waals surface area contributed by atoms with Gasteiger partial charge in [0.05, 0.1) is 28.6 Å². The number of nitrogens with one attached hydrogen (secondary N) is 1. The predicted octanol–water partition coefficient (Wildman–Crippen LogP) is 4.04. The van der Waals surface area contributed by atoms with E-state index in [1.165, 1.54) is 24.5 Å². The topological polar surface area (TPSA) is 68.3 Å². The van der Waals surface area contributed by atoms with Crippen LogP contribution in [0.5, 0.6) is 0 Å². The minimum Gasteiger partial charge on any atom is -0.465 e. The molecule has 0 atom stereocenters. The molecule has 3 aromatic rings. The maximum Gasteiger partial charge on any atom is 0.339 e. The van der Waals surface area contributed by atoms with E-state index < -0.39 is 5.97 Å². The highest BCUT2D eigenvalue weighted by Crippen LogP contribution is 2.23. The summed E-state index contributed by atoms with van der Waals surface area (Å²) in [5, 5.41) is 3.45. The van der Waals surface area contributed by atoms with Crippen LogP contribution in [0.3, 0.4) is 0 Å². The van der Waals surface area contributed by atoms with Crippen molar-refractivity contribution in [3.63, 3.8) is 0 Å². The summed E-state index contributed by atoms with van der Waals surface area (Å²) in [6.45, 7) is 1.87. The Morgan fingerprint density at radius 1 is 1.20 bits per heavy atom. The molecule has 2 aromatic carbocycles. The summed E-state index contributed by atoms with van der Waals surface area (Å²) in [6.07, 6.45) is 3.06. The van der Waals surface area contributed by atoms with Gasteiger partial charge in [0.25, 0.3) is 0 Å². The van der Waals surface area contributed by atoms with E-state index in [0.29, 0.717) is 11.3 Å². The minimum atomic E-state index is -0.492. The molecule has 1 N–H and O–H groups in total. The molecule has 3 rings (SSSR count). The molecule has 0 aliphatic carbocycles. The molecule has 126 valence electrons. The van der Waals surface area contributed by atoms with Crippen LogP contribution in [0.1, 0.15) is 20.9 Å². The molecule has 0 saturated heterocycles. The fourth-order valence-corrected chi connectivity index (χ4v) is 3.20. The molecule has 25 heavy (non-hydrogen) atoms. The number of esters is 1. The van der Waals surface area contributed by atoms with Gasteiger partial charge in [0.2, 0.25) is 5.91 Å². The molecule has 0 aliphatic heterocycles. The molecule has 5 nitrogen and oxygen atoms in total. The fraction of sp³-hybridized carbons (Fsp3) is 0.105. The third kappa shape index (κ3) is 3.92. The Morgan fingerprint density at radius 2 is 2.00 bits per heavy atom.